The number of benzene rings is 1. The Morgan fingerprint density at radius 2 is 2.15 bits per heavy atom. The smallest absolute Gasteiger partial charge is 0.279 e. The van der Waals surface area contributed by atoms with Gasteiger partial charge in [0.05, 0.1) is 11.4 Å². The number of hydrogen-bond donors (Lipinski definition) is 1. The number of thiophene rings is 1. The van der Waals surface area contributed by atoms with Crippen LogP contribution in [0.1, 0.15) is 11.4 Å². The first-order chi connectivity index (χ1) is 12.4. The van der Waals surface area contributed by atoms with E-state index < -0.39 is 16.0 Å². The maximum Gasteiger partial charge on any atom is 0.279 e. The summed E-state index contributed by atoms with van der Waals surface area (Å²) in [5.41, 5.74) is 0.0987. The van der Waals surface area contributed by atoms with Crippen LogP contribution in [0.4, 0.5) is 4.39 Å². The summed E-state index contributed by atoms with van der Waals surface area (Å²) >= 11 is 7.37. The van der Waals surface area contributed by atoms with Gasteiger partial charge in [-0.3, -0.25) is 0 Å². The molecular weight excluding hydrogens is 403 g/mol. The van der Waals surface area contributed by atoms with Crippen LogP contribution in [0, 0.1) is 5.82 Å². The van der Waals surface area contributed by atoms with Crippen molar-refractivity contribution in [3.8, 4) is 10.8 Å². The monoisotopic (exact) mass is 416 g/mol. The molecular formula is C15H14ClFN4O3S2. The molecule has 7 nitrogen and oxygen atoms in total. The summed E-state index contributed by atoms with van der Waals surface area (Å²) in [6, 6.07) is 7.84. The molecule has 2 heterocycles. The second-order valence-corrected chi connectivity index (χ2v) is 8.49. The number of halogens is 2. The normalized spacial score (nSPS) is 12.0. The van der Waals surface area contributed by atoms with Crippen molar-refractivity contribution in [3.05, 3.63) is 57.9 Å². The van der Waals surface area contributed by atoms with Crippen LogP contribution in [-0.4, -0.2) is 29.9 Å². The Morgan fingerprint density at radius 3 is 2.85 bits per heavy atom. The molecule has 1 aromatic carbocycles. The maximum atomic E-state index is 13.8. The van der Waals surface area contributed by atoms with Crippen LogP contribution in [0.5, 0.6) is 0 Å². The molecule has 0 fully saturated rings. The van der Waals surface area contributed by atoms with Gasteiger partial charge < -0.3 is 4.52 Å². The van der Waals surface area contributed by atoms with Crippen molar-refractivity contribution in [2.24, 2.45) is 0 Å². The van der Waals surface area contributed by atoms with E-state index in [2.05, 4.69) is 14.9 Å². The Labute approximate surface area is 158 Å². The lowest BCUT2D eigenvalue weighted by Crippen LogP contribution is -2.37. The van der Waals surface area contributed by atoms with Crippen molar-refractivity contribution >= 4 is 33.1 Å². The van der Waals surface area contributed by atoms with Crippen LogP contribution in [0.3, 0.4) is 0 Å². The van der Waals surface area contributed by atoms with E-state index in [1.54, 1.807) is 0 Å². The minimum Gasteiger partial charge on any atom is -0.333 e. The fraction of sp³-hybridized carbons (Fsp3) is 0.200. The lowest BCUT2D eigenvalue weighted by atomic mass is 10.2. The Balaban J connectivity index is 1.65. The van der Waals surface area contributed by atoms with Gasteiger partial charge in [-0.15, -0.1) is 11.3 Å². The van der Waals surface area contributed by atoms with Gasteiger partial charge in [0.25, 0.3) is 16.1 Å². The first-order valence-corrected chi connectivity index (χ1v) is 10.1. The van der Waals surface area contributed by atoms with Gasteiger partial charge in [0.1, 0.15) is 5.82 Å². The van der Waals surface area contributed by atoms with Crippen LogP contribution >= 0.6 is 22.9 Å². The van der Waals surface area contributed by atoms with Gasteiger partial charge in [0.2, 0.25) is 0 Å². The van der Waals surface area contributed by atoms with E-state index in [0.29, 0.717) is 5.89 Å². The fourth-order valence-corrected chi connectivity index (χ4v) is 3.78. The average molecular weight is 417 g/mol. The van der Waals surface area contributed by atoms with E-state index in [4.69, 9.17) is 16.1 Å². The van der Waals surface area contributed by atoms with Gasteiger partial charge in [0, 0.05) is 24.2 Å². The van der Waals surface area contributed by atoms with E-state index in [1.165, 1.54) is 36.6 Å². The lowest BCUT2D eigenvalue weighted by Gasteiger charge is -2.18. The molecule has 2 aromatic heterocycles. The maximum absolute atomic E-state index is 13.8. The molecule has 138 valence electrons. The molecule has 0 saturated carbocycles. The van der Waals surface area contributed by atoms with Crippen molar-refractivity contribution in [3.63, 3.8) is 0 Å². The highest BCUT2D eigenvalue weighted by atomic mass is 35.5. The fourth-order valence-electron chi connectivity index (χ4n) is 2.08. The molecule has 26 heavy (non-hydrogen) atoms. The zero-order chi connectivity index (χ0) is 18.7. The molecule has 3 aromatic rings. The predicted molar refractivity (Wildman–Crippen MR) is 96.2 cm³/mol. The zero-order valence-electron chi connectivity index (χ0n) is 13.5. The van der Waals surface area contributed by atoms with Crippen LogP contribution in [-0.2, 0) is 23.3 Å². The van der Waals surface area contributed by atoms with Crippen LogP contribution in [0.25, 0.3) is 10.8 Å². The second-order valence-electron chi connectivity index (χ2n) is 5.28. The molecule has 0 atom stereocenters. The molecule has 0 amide bonds. The number of nitrogens with zero attached hydrogens (tertiary/aromatic N) is 3. The van der Waals surface area contributed by atoms with E-state index >= 15 is 0 Å². The largest absolute Gasteiger partial charge is 0.333 e. The summed E-state index contributed by atoms with van der Waals surface area (Å²) in [5.74, 6) is -0.0618. The molecule has 0 aliphatic carbocycles. The first kappa shape index (κ1) is 18.9. The molecule has 0 aliphatic heterocycles. The van der Waals surface area contributed by atoms with Crippen LogP contribution in [0.15, 0.2) is 40.2 Å². The number of nitrogens with one attached hydrogen (secondary N) is 1. The van der Waals surface area contributed by atoms with E-state index in [9.17, 15) is 12.8 Å². The third kappa shape index (κ3) is 4.27. The lowest BCUT2D eigenvalue weighted by molar-refractivity contribution is 0.419. The standard InChI is InChI=1S/C15H14ClFN4O3S2/c1-21(9-10-11(16)4-2-5-12(10)17)26(22,23)18-8-14-19-15(24-20-14)13-6-3-7-25-13/h2-7,18H,8-9H2,1H3. The summed E-state index contributed by atoms with van der Waals surface area (Å²) in [6.07, 6.45) is 0. The van der Waals surface area contributed by atoms with E-state index in [1.807, 2.05) is 17.5 Å². The van der Waals surface area contributed by atoms with Crippen LogP contribution < -0.4 is 4.72 Å². The van der Waals surface area contributed by atoms with E-state index in [0.717, 1.165) is 9.18 Å². The molecule has 0 unspecified atom stereocenters. The quantitative estimate of drug-likeness (QED) is 0.639. The number of hydrogen-bond acceptors (Lipinski definition) is 6. The van der Waals surface area contributed by atoms with Crippen molar-refractivity contribution in [2.45, 2.75) is 13.1 Å². The predicted octanol–water partition coefficient (Wildman–Crippen LogP) is 3.06. The van der Waals surface area contributed by atoms with E-state index in [-0.39, 0.29) is 29.5 Å². The van der Waals surface area contributed by atoms with Crippen molar-refractivity contribution in [1.29, 1.82) is 0 Å². The summed E-state index contributed by atoms with van der Waals surface area (Å²) in [6.45, 7) is -0.375. The molecule has 0 spiro atoms. The molecule has 0 saturated heterocycles. The van der Waals surface area contributed by atoms with Gasteiger partial charge in [0.15, 0.2) is 5.82 Å². The summed E-state index contributed by atoms with van der Waals surface area (Å²) in [7, 11) is -2.58. The molecule has 3 rings (SSSR count). The van der Waals surface area contributed by atoms with Crippen molar-refractivity contribution in [2.75, 3.05) is 7.05 Å². The summed E-state index contributed by atoms with van der Waals surface area (Å²) in [5, 5.41) is 5.76. The second kappa shape index (κ2) is 7.80. The van der Waals surface area contributed by atoms with Crippen LogP contribution in [0.2, 0.25) is 5.02 Å². The average Bonchev–Trinajstić information content (AvgIpc) is 3.27. The summed E-state index contributed by atoms with van der Waals surface area (Å²) < 4.78 is 46.9. The highest BCUT2D eigenvalue weighted by Crippen LogP contribution is 2.23. The third-order valence-corrected chi connectivity index (χ3v) is 6.14. The minimum absolute atomic E-state index is 0.0987. The van der Waals surface area contributed by atoms with Crippen molar-refractivity contribution in [1.82, 2.24) is 19.2 Å². The SMILES string of the molecule is CN(Cc1c(F)cccc1Cl)S(=O)(=O)NCc1noc(-c2cccs2)n1. The van der Waals surface area contributed by atoms with Gasteiger partial charge in [-0.1, -0.05) is 28.9 Å². The number of rotatable bonds is 7. The molecule has 11 heteroatoms. The highest BCUT2D eigenvalue weighted by Gasteiger charge is 2.21. The Hall–Kier alpha value is -1.85. The Kier molecular flexibility index (Phi) is 5.68. The topological polar surface area (TPSA) is 88.3 Å². The van der Waals surface area contributed by atoms with Crippen molar-refractivity contribution < 1.29 is 17.3 Å². The zero-order valence-corrected chi connectivity index (χ0v) is 15.9. The Morgan fingerprint density at radius 1 is 1.35 bits per heavy atom. The van der Waals surface area contributed by atoms with Gasteiger partial charge >= 0.3 is 0 Å². The number of aromatic nitrogens is 2. The third-order valence-electron chi connectivity index (χ3n) is 3.47. The van der Waals surface area contributed by atoms with Gasteiger partial charge in [-0.2, -0.15) is 22.4 Å². The highest BCUT2D eigenvalue weighted by molar-refractivity contribution is 7.87. The molecule has 1 N–H and O–H groups in total. The van der Waals surface area contributed by atoms with Gasteiger partial charge in [-0.05, 0) is 23.6 Å². The van der Waals surface area contributed by atoms with Gasteiger partial charge in [-0.25, -0.2) is 4.39 Å². The minimum atomic E-state index is -3.90. The Bertz CT molecular complexity index is 972. The molecule has 0 radical (unpaired) electrons. The summed E-state index contributed by atoms with van der Waals surface area (Å²) in [4.78, 5) is 4.92. The molecule has 0 bridgehead atoms. The first-order valence-electron chi connectivity index (χ1n) is 7.37. The molecule has 0 aliphatic rings.